The Morgan fingerprint density at radius 2 is 1.96 bits per heavy atom. The van der Waals surface area contributed by atoms with Gasteiger partial charge in [-0.3, -0.25) is 10.1 Å². The van der Waals surface area contributed by atoms with E-state index in [1.165, 1.54) is 20.5 Å². The molecule has 0 atom stereocenters. The minimum absolute atomic E-state index is 0.00259. The fourth-order valence-corrected chi connectivity index (χ4v) is 1.97. The van der Waals surface area contributed by atoms with Crippen molar-refractivity contribution in [2.45, 2.75) is 20.0 Å². The molecule has 9 nitrogen and oxygen atoms in total. The van der Waals surface area contributed by atoms with Crippen LogP contribution in [0.2, 0.25) is 0 Å². The Balaban J connectivity index is 2.48. The van der Waals surface area contributed by atoms with Crippen LogP contribution >= 0.6 is 0 Å². The Labute approximate surface area is 138 Å². The molecule has 0 saturated heterocycles. The Morgan fingerprint density at radius 3 is 2.54 bits per heavy atom. The highest BCUT2D eigenvalue weighted by Gasteiger charge is 2.26. The molecule has 24 heavy (non-hydrogen) atoms. The van der Waals surface area contributed by atoms with Crippen molar-refractivity contribution in [2.75, 3.05) is 19.5 Å². The Bertz CT molecular complexity index is 736. The quantitative estimate of drug-likeness (QED) is 0.608. The lowest BCUT2D eigenvalue weighted by Crippen LogP contribution is -2.11. The number of hydrogen-bond donors (Lipinski definition) is 1. The van der Waals surface area contributed by atoms with Crippen molar-refractivity contribution >= 4 is 17.2 Å². The molecule has 128 valence electrons. The van der Waals surface area contributed by atoms with Gasteiger partial charge in [0.2, 0.25) is 5.82 Å². The fraction of sp³-hybridized carbons (Fsp3) is 0.333. The second-order valence-electron chi connectivity index (χ2n) is 4.99. The van der Waals surface area contributed by atoms with Crippen molar-refractivity contribution < 1.29 is 19.1 Å². The summed E-state index contributed by atoms with van der Waals surface area (Å²) in [6.07, 6.45) is 0.928. The molecular weight excluding hydrogens is 316 g/mol. The molecule has 0 aliphatic rings. The highest BCUT2D eigenvalue weighted by molar-refractivity contribution is 5.73. The van der Waals surface area contributed by atoms with Gasteiger partial charge < -0.3 is 19.5 Å². The average molecular weight is 334 g/mol. The Hall–Kier alpha value is -3.10. The van der Waals surface area contributed by atoms with Gasteiger partial charge in [0, 0.05) is 6.07 Å². The van der Waals surface area contributed by atoms with Crippen LogP contribution in [-0.2, 0) is 0 Å². The highest BCUT2D eigenvalue weighted by atomic mass is 16.6. The first kappa shape index (κ1) is 17.3. The van der Waals surface area contributed by atoms with Gasteiger partial charge in [0.25, 0.3) is 5.88 Å². The van der Waals surface area contributed by atoms with E-state index in [0.717, 1.165) is 0 Å². The van der Waals surface area contributed by atoms with Crippen LogP contribution in [0, 0.1) is 10.1 Å². The normalized spacial score (nSPS) is 10.4. The number of nitro groups is 1. The molecule has 0 bridgehead atoms. The largest absolute Gasteiger partial charge is 0.497 e. The third-order valence-corrected chi connectivity index (χ3v) is 2.98. The maximum atomic E-state index is 11.4. The van der Waals surface area contributed by atoms with Crippen LogP contribution in [-0.4, -0.2) is 35.2 Å². The third-order valence-electron chi connectivity index (χ3n) is 2.98. The molecule has 2 aromatic rings. The van der Waals surface area contributed by atoms with Crippen molar-refractivity contribution in [3.63, 3.8) is 0 Å². The highest BCUT2D eigenvalue weighted by Crippen LogP contribution is 2.37. The van der Waals surface area contributed by atoms with Crippen molar-refractivity contribution in [2.24, 2.45) is 0 Å². The van der Waals surface area contributed by atoms with E-state index in [1.807, 2.05) is 0 Å². The molecule has 1 aromatic heterocycles. The number of rotatable bonds is 7. The van der Waals surface area contributed by atoms with Crippen LogP contribution in [0.15, 0.2) is 24.5 Å². The molecule has 0 aliphatic heterocycles. The van der Waals surface area contributed by atoms with Gasteiger partial charge in [0.1, 0.15) is 17.8 Å². The van der Waals surface area contributed by atoms with E-state index in [0.29, 0.717) is 17.2 Å². The average Bonchev–Trinajstić information content (AvgIpc) is 2.54. The third kappa shape index (κ3) is 3.80. The molecule has 0 radical (unpaired) electrons. The molecule has 0 fully saturated rings. The molecule has 0 aliphatic carbocycles. The fourth-order valence-electron chi connectivity index (χ4n) is 1.97. The molecule has 1 aromatic carbocycles. The van der Waals surface area contributed by atoms with E-state index in [2.05, 4.69) is 15.3 Å². The Kier molecular flexibility index (Phi) is 5.35. The van der Waals surface area contributed by atoms with Crippen molar-refractivity contribution in [1.29, 1.82) is 0 Å². The summed E-state index contributed by atoms with van der Waals surface area (Å²) in [4.78, 5) is 18.7. The number of aromatic nitrogens is 2. The van der Waals surface area contributed by atoms with Crippen molar-refractivity contribution in [3.05, 3.63) is 34.6 Å². The number of methoxy groups -OCH3 is 2. The van der Waals surface area contributed by atoms with Gasteiger partial charge in [0.15, 0.2) is 0 Å². The van der Waals surface area contributed by atoms with Crippen LogP contribution in [0.5, 0.6) is 17.4 Å². The molecule has 9 heteroatoms. The lowest BCUT2D eigenvalue weighted by molar-refractivity contribution is -0.385. The monoisotopic (exact) mass is 334 g/mol. The summed E-state index contributed by atoms with van der Waals surface area (Å²) in [5, 5.41) is 14.3. The molecule has 1 heterocycles. The summed E-state index contributed by atoms with van der Waals surface area (Å²) in [5.74, 6) is 0.940. The Morgan fingerprint density at radius 1 is 1.21 bits per heavy atom. The van der Waals surface area contributed by atoms with Crippen LogP contribution in [0.25, 0.3) is 0 Å². The molecule has 0 saturated carbocycles. The van der Waals surface area contributed by atoms with Crippen LogP contribution in [0.1, 0.15) is 13.8 Å². The smallest absolute Gasteiger partial charge is 0.373 e. The topological polar surface area (TPSA) is 109 Å². The SMILES string of the molecule is COc1ccc(OC)c(Nc2ncnc(OC(C)C)c2[N+](=O)[O-])c1. The van der Waals surface area contributed by atoms with Crippen LogP contribution in [0.4, 0.5) is 17.2 Å². The number of nitrogens with zero attached hydrogens (tertiary/aromatic N) is 3. The minimum Gasteiger partial charge on any atom is -0.497 e. The second-order valence-corrected chi connectivity index (χ2v) is 4.99. The summed E-state index contributed by atoms with van der Waals surface area (Å²) in [6.45, 7) is 3.51. The van der Waals surface area contributed by atoms with Crippen molar-refractivity contribution in [3.8, 4) is 17.4 Å². The zero-order chi connectivity index (χ0) is 17.7. The van der Waals surface area contributed by atoms with E-state index in [1.54, 1.807) is 32.0 Å². The zero-order valence-corrected chi connectivity index (χ0v) is 13.8. The first-order chi connectivity index (χ1) is 11.5. The number of benzene rings is 1. The predicted molar refractivity (Wildman–Crippen MR) is 87.3 cm³/mol. The van der Waals surface area contributed by atoms with E-state index in [4.69, 9.17) is 14.2 Å². The summed E-state index contributed by atoms with van der Waals surface area (Å²) >= 11 is 0. The molecule has 0 amide bonds. The minimum atomic E-state index is -0.591. The lowest BCUT2D eigenvalue weighted by atomic mass is 10.2. The van der Waals surface area contributed by atoms with Crippen LogP contribution in [0.3, 0.4) is 0 Å². The summed E-state index contributed by atoms with van der Waals surface area (Å²) in [5.41, 5.74) is 0.116. The molecule has 0 spiro atoms. The van der Waals surface area contributed by atoms with E-state index >= 15 is 0 Å². The first-order valence-corrected chi connectivity index (χ1v) is 7.11. The first-order valence-electron chi connectivity index (χ1n) is 7.11. The van der Waals surface area contributed by atoms with Crippen LogP contribution < -0.4 is 19.5 Å². The molecule has 2 rings (SSSR count). The van der Waals surface area contributed by atoms with Gasteiger partial charge in [0.05, 0.1) is 30.9 Å². The number of nitrogens with one attached hydrogen (secondary N) is 1. The molecule has 0 unspecified atom stereocenters. The molecule has 1 N–H and O–H groups in total. The molecular formula is C15H18N4O5. The number of anilines is 2. The van der Waals surface area contributed by atoms with E-state index < -0.39 is 4.92 Å². The van der Waals surface area contributed by atoms with Gasteiger partial charge in [-0.25, -0.2) is 4.98 Å². The maximum absolute atomic E-state index is 11.4. The standard InChI is InChI=1S/C15H18N4O5/c1-9(2)24-15-13(19(20)21)14(16-8-17-15)18-11-7-10(22-3)5-6-12(11)23-4/h5-9H,1-4H3,(H,16,17,18). The lowest BCUT2D eigenvalue weighted by Gasteiger charge is -2.14. The second kappa shape index (κ2) is 7.44. The van der Waals surface area contributed by atoms with Gasteiger partial charge in [-0.1, -0.05) is 0 Å². The maximum Gasteiger partial charge on any atom is 0.373 e. The summed E-state index contributed by atoms with van der Waals surface area (Å²) < 4.78 is 15.8. The summed E-state index contributed by atoms with van der Waals surface area (Å²) in [6, 6.07) is 5.04. The predicted octanol–water partition coefficient (Wildman–Crippen LogP) is 2.93. The van der Waals surface area contributed by atoms with E-state index in [-0.39, 0.29) is 23.5 Å². The number of ether oxygens (including phenoxy) is 3. The van der Waals surface area contributed by atoms with E-state index in [9.17, 15) is 10.1 Å². The van der Waals surface area contributed by atoms with Gasteiger partial charge in [-0.2, -0.15) is 4.98 Å². The number of hydrogen-bond acceptors (Lipinski definition) is 8. The zero-order valence-electron chi connectivity index (χ0n) is 13.8. The summed E-state index contributed by atoms with van der Waals surface area (Å²) in [7, 11) is 3.02. The van der Waals surface area contributed by atoms with Gasteiger partial charge in [-0.15, -0.1) is 0 Å². The van der Waals surface area contributed by atoms with Crippen molar-refractivity contribution in [1.82, 2.24) is 9.97 Å². The van der Waals surface area contributed by atoms with Gasteiger partial charge in [-0.05, 0) is 26.0 Å². The van der Waals surface area contributed by atoms with Gasteiger partial charge >= 0.3 is 5.69 Å².